The highest BCUT2D eigenvalue weighted by Crippen LogP contribution is 2.35. The van der Waals surface area contributed by atoms with E-state index in [1.54, 1.807) is 62.9 Å². The lowest BCUT2D eigenvalue weighted by Crippen LogP contribution is -2.18. The number of hydroxylamine groups is 1. The molecule has 14 aliphatic rings. The van der Waals surface area contributed by atoms with Crippen molar-refractivity contribution >= 4 is 205 Å². The Kier molecular flexibility index (Phi) is 56.0. The lowest BCUT2D eigenvalue weighted by Gasteiger charge is -1.89. The zero-order chi connectivity index (χ0) is 78.3. The molecule has 594 valence electrons. The standard InChI is InChI=1S/C5H8N2.C5H7NOS.C5H7NO.C5H7NS.2C4H6N2O.C4H8N2S.2C4H6N2S.2C4H6N2.2C4H5NO2.C4H7NOS.C4H7NS2.3CH4/c1-4-3-5(2)7-6-4;1-3-5(7)6-4(2)8-3;2*1-4-3-5(2)7-6-4;1-3-5-6-4(2)7-3;1-3-5-4(2)7-6-3;1-4-3-7(2)6-5-4;1-3-5-6-4(2)7-3;1-3-5-4(2)7-6-3;2*1-4-2-3-5-6-4;1-3-2-4(6)5-7-3;1-3-2-4(6)7-5-3;2*1-4-3-7(2)6-5-4;;;/h6H,1,3H2,2H3;3H,2H2,1H3,(H,6,7);2*2-3H2,1H3;5H,1H2,2H3;6H,1H2,2H3;6H,2-3H2,1H3;5H,1H2,2H3;6H,1H2,2H3;2*3H,2H2,1H3;2H,1H3,(H,5,6);2H2,1H3;2*2-3H2,1H3;3*1H4. The summed E-state index contributed by atoms with van der Waals surface area (Å²) in [6.45, 7) is 57.3. The molecule has 14 aliphatic heterocycles. The molecule has 107 heavy (non-hydrogen) atoms. The van der Waals surface area contributed by atoms with Crippen molar-refractivity contribution in [1.29, 1.82) is 0 Å². The fourth-order valence-corrected chi connectivity index (χ4v) is 12.7. The number of oxime groups is 3. The molecular formula is C67H109N23O9S8. The molecule has 15 rings (SSSR count). The number of H-pyrrole nitrogens is 1. The third kappa shape index (κ3) is 56.3. The summed E-state index contributed by atoms with van der Waals surface area (Å²) in [5.41, 5.74) is 21.1. The second-order valence-electron chi connectivity index (χ2n) is 21.8. The predicted molar refractivity (Wildman–Crippen MR) is 476 cm³/mol. The summed E-state index contributed by atoms with van der Waals surface area (Å²) in [6, 6.07) is 1.39. The Hall–Kier alpha value is -8.67. The first-order valence-corrected chi connectivity index (χ1v) is 39.9. The molecule has 1 fully saturated rings. The van der Waals surface area contributed by atoms with Crippen LogP contribution in [0.3, 0.4) is 0 Å². The molecule has 0 aromatic carbocycles. The normalized spacial score (nSPS) is 20.5. The maximum Gasteiger partial charge on any atom is 0.340 e. The number of amides is 1. The van der Waals surface area contributed by atoms with E-state index in [0.29, 0.717) is 35.7 Å². The van der Waals surface area contributed by atoms with Crippen molar-refractivity contribution in [2.24, 2.45) is 75.1 Å². The summed E-state index contributed by atoms with van der Waals surface area (Å²) in [5, 5.41) is 49.3. The molecule has 1 saturated heterocycles. The van der Waals surface area contributed by atoms with Crippen molar-refractivity contribution in [2.45, 2.75) is 170 Å². The van der Waals surface area contributed by atoms with Crippen LogP contribution in [0.1, 0.15) is 163 Å². The minimum absolute atomic E-state index is 0. The van der Waals surface area contributed by atoms with Gasteiger partial charge in [0, 0.05) is 166 Å². The minimum atomic E-state index is -0.252. The van der Waals surface area contributed by atoms with Crippen LogP contribution < -0.4 is 42.2 Å². The molecule has 40 heteroatoms. The number of hydrogen-bond acceptors (Lipinski definition) is 35. The van der Waals surface area contributed by atoms with Crippen LogP contribution in [-0.2, 0) is 33.1 Å². The molecule has 4 unspecified atom stereocenters. The van der Waals surface area contributed by atoms with Crippen molar-refractivity contribution in [3.05, 3.63) is 119 Å². The number of aliphatic imine (C=N–C) groups is 2. The van der Waals surface area contributed by atoms with Gasteiger partial charge in [0.05, 0.1) is 54.7 Å². The molecule has 0 spiro atoms. The van der Waals surface area contributed by atoms with E-state index in [0.717, 1.165) is 126 Å². The van der Waals surface area contributed by atoms with E-state index in [2.05, 4.69) is 206 Å². The van der Waals surface area contributed by atoms with Crippen LogP contribution in [0.15, 0.2) is 187 Å². The summed E-state index contributed by atoms with van der Waals surface area (Å²) < 4.78 is 25.1. The average Bonchev–Trinajstić information content (AvgIpc) is 1.77. The van der Waals surface area contributed by atoms with E-state index in [4.69, 9.17) is 9.02 Å². The highest BCUT2D eigenvalue weighted by Gasteiger charge is 2.22. The topological polar surface area (TPSA) is 396 Å². The Morgan fingerprint density at radius 2 is 1.21 bits per heavy atom. The van der Waals surface area contributed by atoms with Crippen molar-refractivity contribution in [1.82, 2.24) is 41.8 Å². The van der Waals surface area contributed by atoms with Gasteiger partial charge in [0.25, 0.3) is 5.56 Å². The third-order valence-corrected chi connectivity index (χ3v) is 18.6. The van der Waals surface area contributed by atoms with Crippen molar-refractivity contribution in [3.63, 3.8) is 0 Å². The van der Waals surface area contributed by atoms with Gasteiger partial charge in [-0.2, -0.15) is 45.9 Å². The lowest BCUT2D eigenvalue weighted by molar-refractivity contribution is -0.140. The fraction of sp³-hybridized carbons (Fsp3) is 0.418. The van der Waals surface area contributed by atoms with E-state index >= 15 is 0 Å². The molecule has 1 amide bonds. The number of carbonyl (C=O) groups excluding carboxylic acids is 2. The van der Waals surface area contributed by atoms with Crippen LogP contribution in [0.4, 0.5) is 0 Å². The third-order valence-electron chi connectivity index (χ3n) is 10.7. The van der Waals surface area contributed by atoms with Gasteiger partial charge in [-0.25, -0.2) is 29.5 Å². The first kappa shape index (κ1) is 102. The number of carbonyl (C=O) groups is 2. The summed E-state index contributed by atoms with van der Waals surface area (Å²) in [7, 11) is 1.81. The van der Waals surface area contributed by atoms with Crippen LogP contribution in [-0.4, -0.2) is 143 Å². The van der Waals surface area contributed by atoms with Crippen LogP contribution in [0.2, 0.25) is 0 Å². The first-order chi connectivity index (χ1) is 48.9. The average molecular weight is 1640 g/mol. The van der Waals surface area contributed by atoms with Gasteiger partial charge < -0.3 is 38.1 Å². The zero-order valence-electron chi connectivity index (χ0n) is 61.6. The van der Waals surface area contributed by atoms with Gasteiger partial charge in [0.1, 0.15) is 17.3 Å². The SMILES string of the molecule is C.C.C.C=C1CC(C)=NN1.C=C1CC(C)=NO1.C=C1CC(C)=NS1.C=C1N=C(C)ON1.C=C1N=C(C)SN1.C=C1NC(=O)C(C)S1.C=C1NN=C(C)O1.C=C1NN=C(C)S1.C=S1CC(C)=NN1.C=S1CC(C)=NO1.C=S1CC(C)=NS1.CC1=NN=CC1.CC1=NN=CC1.CC1=NOC(=O)C1.Cc1cc(=O)[nH]o1. The Bertz CT molecular complexity index is 3350. The number of ether oxygens (including phenoxy) is 1. The highest BCUT2D eigenvalue weighted by atomic mass is 33.1. The van der Waals surface area contributed by atoms with Gasteiger partial charge in [-0.05, 0) is 102 Å². The second kappa shape index (κ2) is 58.4. The largest absolute Gasteiger partial charge is 0.425 e. The van der Waals surface area contributed by atoms with E-state index in [1.807, 2.05) is 76.2 Å². The number of allylic oxidation sites excluding steroid dienone is 3. The molecule has 1 aromatic rings. The molecule has 4 atom stereocenters. The smallest absolute Gasteiger partial charge is 0.340 e. The number of rotatable bonds is 0. The fourth-order valence-electron chi connectivity index (χ4n) is 6.30. The lowest BCUT2D eigenvalue weighted by atomic mass is 10.3. The van der Waals surface area contributed by atoms with E-state index < -0.39 is 0 Å². The van der Waals surface area contributed by atoms with Crippen molar-refractivity contribution < 1.29 is 37.6 Å². The monoisotopic (exact) mass is 1640 g/mol. The summed E-state index contributed by atoms with van der Waals surface area (Å²) in [6.07, 6.45) is 8.56. The second-order valence-corrected chi connectivity index (χ2v) is 32.6. The first-order valence-electron chi connectivity index (χ1n) is 30.7. The summed E-state index contributed by atoms with van der Waals surface area (Å²) in [4.78, 5) is 56.2. The van der Waals surface area contributed by atoms with Gasteiger partial charge in [-0.1, -0.05) is 130 Å². The van der Waals surface area contributed by atoms with E-state index in [-0.39, 0.29) is 75.9 Å². The van der Waals surface area contributed by atoms with Gasteiger partial charge >= 0.3 is 5.97 Å². The number of thioether (sulfide) groups is 2. The molecular weight excluding hydrogens is 1530 g/mol. The molecule has 0 saturated carbocycles. The van der Waals surface area contributed by atoms with Gasteiger partial charge in [0.2, 0.25) is 23.6 Å². The molecule has 0 aliphatic carbocycles. The van der Waals surface area contributed by atoms with Crippen molar-refractivity contribution in [2.75, 3.05) is 17.3 Å². The number of hydrogen-bond donors (Lipinski definition) is 8. The Morgan fingerprint density at radius 1 is 0.579 bits per heavy atom. The molecule has 8 N–H and O–H groups in total. The molecule has 1 aromatic heterocycles. The van der Waals surface area contributed by atoms with E-state index in [1.165, 1.54) is 58.9 Å². The number of aromatic amines is 1. The maximum absolute atomic E-state index is 10.6. The number of aryl methyl sites for hydroxylation is 1. The maximum atomic E-state index is 10.6. The van der Waals surface area contributed by atoms with Crippen LogP contribution >= 0.6 is 89.4 Å². The molecule has 15 heterocycles. The Labute approximate surface area is 660 Å². The Morgan fingerprint density at radius 3 is 1.35 bits per heavy atom. The molecule has 32 nitrogen and oxygen atoms in total. The molecule has 0 bridgehead atoms. The number of nitrogens with one attached hydrogen (secondary N) is 8. The predicted octanol–water partition coefficient (Wildman–Crippen LogP) is 15.4. The number of hydrazone groups is 4. The minimum Gasteiger partial charge on any atom is -0.425 e. The van der Waals surface area contributed by atoms with Crippen LogP contribution in [0.25, 0.3) is 0 Å². The number of aromatic nitrogens is 1. The quantitative estimate of drug-likeness (QED) is 0.0517. The zero-order valence-corrected chi connectivity index (χ0v) is 68.1. The highest BCUT2D eigenvalue weighted by molar-refractivity contribution is 8.83. The Balaban J connectivity index is -0.00000108. The summed E-state index contributed by atoms with van der Waals surface area (Å²) >= 11 is 6.04. The van der Waals surface area contributed by atoms with Crippen LogP contribution in [0.5, 0.6) is 0 Å². The number of nitrogens with zero attached hydrogens (tertiary/aromatic N) is 15. The van der Waals surface area contributed by atoms with Gasteiger partial charge in [-0.15, -0.1) is 14.6 Å². The summed E-state index contributed by atoms with van der Waals surface area (Å²) in [5.74, 6) is 18.6. The van der Waals surface area contributed by atoms with Crippen LogP contribution in [0, 0.1) is 6.92 Å². The van der Waals surface area contributed by atoms with Gasteiger partial charge in [0.15, 0.2) is 5.82 Å². The van der Waals surface area contributed by atoms with Crippen molar-refractivity contribution in [3.8, 4) is 0 Å². The van der Waals surface area contributed by atoms with E-state index in [9.17, 15) is 14.4 Å². The van der Waals surface area contributed by atoms with Gasteiger partial charge in [-0.3, -0.25) is 25.3 Å². The molecule has 0 radical (unpaired) electrons.